The molecule has 138 valence electrons. The van der Waals surface area contributed by atoms with E-state index in [0.717, 1.165) is 5.75 Å². The second-order valence-electron chi connectivity index (χ2n) is 5.89. The van der Waals surface area contributed by atoms with E-state index in [1.54, 1.807) is 36.0 Å². The van der Waals surface area contributed by atoms with Gasteiger partial charge in [-0.3, -0.25) is 4.79 Å². The highest BCUT2D eigenvalue weighted by Crippen LogP contribution is 2.23. The summed E-state index contributed by atoms with van der Waals surface area (Å²) in [7, 11) is 0. The van der Waals surface area contributed by atoms with Gasteiger partial charge in [-0.15, -0.1) is 11.8 Å². The van der Waals surface area contributed by atoms with Crippen molar-refractivity contribution in [2.24, 2.45) is 0 Å². The summed E-state index contributed by atoms with van der Waals surface area (Å²) in [6.45, 7) is -0.392. The highest BCUT2D eigenvalue weighted by Gasteiger charge is 2.06. The fraction of sp³-hybridized carbons (Fsp3) is 0.143. The first-order valence-corrected chi connectivity index (χ1v) is 9.56. The van der Waals surface area contributed by atoms with Gasteiger partial charge in [0.05, 0.1) is 5.75 Å². The number of aliphatic carboxylic acids is 1. The zero-order valence-corrected chi connectivity index (χ0v) is 15.4. The molecule has 2 N–H and O–H groups in total. The number of nitrogens with one attached hydrogen (secondary N) is 1. The Morgan fingerprint density at radius 2 is 1.70 bits per heavy atom. The van der Waals surface area contributed by atoms with Gasteiger partial charge in [-0.1, -0.05) is 42.5 Å². The van der Waals surface area contributed by atoms with Gasteiger partial charge in [0.15, 0.2) is 6.61 Å². The largest absolute Gasteiger partial charge is 0.482 e. The van der Waals surface area contributed by atoms with Crippen LogP contribution < -0.4 is 10.1 Å². The van der Waals surface area contributed by atoms with Crippen LogP contribution in [-0.4, -0.2) is 29.3 Å². The summed E-state index contributed by atoms with van der Waals surface area (Å²) in [6.07, 6.45) is 0. The molecular formula is C21H19NO4S. The van der Waals surface area contributed by atoms with Gasteiger partial charge < -0.3 is 15.2 Å². The van der Waals surface area contributed by atoms with Crippen LogP contribution in [0.5, 0.6) is 5.75 Å². The van der Waals surface area contributed by atoms with Gasteiger partial charge in [0.2, 0.25) is 5.91 Å². The van der Waals surface area contributed by atoms with Crippen LogP contribution >= 0.6 is 11.8 Å². The average molecular weight is 381 g/mol. The summed E-state index contributed by atoms with van der Waals surface area (Å²) in [4.78, 5) is 22.6. The molecule has 0 fully saturated rings. The Kier molecular flexibility index (Phi) is 6.33. The van der Waals surface area contributed by atoms with Crippen molar-refractivity contribution in [3.05, 3.63) is 72.3 Å². The Hall–Kier alpha value is -2.99. The fourth-order valence-electron chi connectivity index (χ4n) is 2.65. The molecule has 0 bridgehead atoms. The zero-order valence-electron chi connectivity index (χ0n) is 14.6. The topological polar surface area (TPSA) is 75.6 Å². The lowest BCUT2D eigenvalue weighted by Gasteiger charge is -2.08. The number of fused-ring (bicyclic) bond motifs is 1. The summed E-state index contributed by atoms with van der Waals surface area (Å²) in [5.74, 6) is 0.438. The standard InChI is InChI=1S/C21H19NO4S/c23-20(22-17-8-10-18(11-9-17)26-12-21(24)25)14-27-13-16-6-3-5-15-4-1-2-7-19(15)16/h1-11H,12-14H2,(H,22,23)(H,24,25). The number of anilines is 1. The van der Waals surface area contributed by atoms with Gasteiger partial charge >= 0.3 is 5.97 Å². The minimum absolute atomic E-state index is 0.0839. The van der Waals surface area contributed by atoms with Crippen LogP contribution in [0, 0.1) is 0 Å². The van der Waals surface area contributed by atoms with E-state index in [2.05, 4.69) is 29.6 Å². The van der Waals surface area contributed by atoms with Crippen LogP contribution in [0.25, 0.3) is 10.8 Å². The number of carboxylic acids is 1. The Balaban J connectivity index is 1.49. The molecule has 0 atom stereocenters. The summed E-state index contributed by atoms with van der Waals surface area (Å²) in [5.41, 5.74) is 1.86. The van der Waals surface area contributed by atoms with Crippen molar-refractivity contribution in [1.82, 2.24) is 0 Å². The van der Waals surface area contributed by atoms with Crippen molar-refractivity contribution >= 4 is 40.1 Å². The lowest BCUT2D eigenvalue weighted by molar-refractivity contribution is -0.139. The van der Waals surface area contributed by atoms with E-state index in [-0.39, 0.29) is 5.91 Å². The van der Waals surface area contributed by atoms with Gasteiger partial charge in [0.25, 0.3) is 0 Å². The van der Waals surface area contributed by atoms with Crippen LogP contribution in [0.15, 0.2) is 66.7 Å². The molecule has 0 aliphatic rings. The molecule has 5 nitrogen and oxygen atoms in total. The zero-order chi connectivity index (χ0) is 19.1. The van der Waals surface area contributed by atoms with E-state index in [1.165, 1.54) is 16.3 Å². The van der Waals surface area contributed by atoms with Crippen LogP contribution in [0.3, 0.4) is 0 Å². The van der Waals surface area contributed by atoms with Crippen molar-refractivity contribution < 1.29 is 19.4 Å². The number of rotatable bonds is 8. The summed E-state index contributed by atoms with van der Waals surface area (Å²) < 4.78 is 5.06. The molecule has 0 heterocycles. The number of hydrogen-bond donors (Lipinski definition) is 2. The molecule has 6 heteroatoms. The minimum atomic E-state index is -1.03. The van der Waals surface area contributed by atoms with Crippen LogP contribution in [-0.2, 0) is 15.3 Å². The maximum Gasteiger partial charge on any atom is 0.341 e. The number of hydrogen-bond acceptors (Lipinski definition) is 4. The van der Waals surface area contributed by atoms with E-state index in [1.807, 2.05) is 18.2 Å². The average Bonchev–Trinajstić information content (AvgIpc) is 2.67. The Morgan fingerprint density at radius 3 is 2.48 bits per heavy atom. The highest BCUT2D eigenvalue weighted by atomic mass is 32.2. The van der Waals surface area contributed by atoms with Crippen LogP contribution in [0.4, 0.5) is 5.69 Å². The first-order chi connectivity index (χ1) is 13.1. The monoisotopic (exact) mass is 381 g/mol. The molecule has 1 amide bonds. The van der Waals surface area contributed by atoms with E-state index in [9.17, 15) is 9.59 Å². The van der Waals surface area contributed by atoms with Crippen molar-refractivity contribution in [3.63, 3.8) is 0 Å². The Morgan fingerprint density at radius 1 is 0.963 bits per heavy atom. The number of benzene rings is 3. The van der Waals surface area contributed by atoms with E-state index in [0.29, 0.717) is 17.2 Å². The van der Waals surface area contributed by atoms with Gasteiger partial charge in [-0.25, -0.2) is 4.79 Å². The normalized spacial score (nSPS) is 10.5. The molecule has 3 aromatic carbocycles. The fourth-order valence-corrected chi connectivity index (χ4v) is 3.48. The lowest BCUT2D eigenvalue weighted by atomic mass is 10.1. The molecule has 0 saturated heterocycles. The van der Waals surface area contributed by atoms with E-state index in [4.69, 9.17) is 9.84 Å². The minimum Gasteiger partial charge on any atom is -0.482 e. The highest BCUT2D eigenvalue weighted by molar-refractivity contribution is 7.99. The first-order valence-electron chi connectivity index (χ1n) is 8.41. The van der Waals surface area contributed by atoms with Gasteiger partial charge in [-0.2, -0.15) is 0 Å². The third-order valence-corrected chi connectivity index (χ3v) is 4.85. The van der Waals surface area contributed by atoms with E-state index < -0.39 is 12.6 Å². The predicted molar refractivity (Wildman–Crippen MR) is 108 cm³/mol. The molecule has 0 aliphatic carbocycles. The molecule has 0 spiro atoms. The number of carbonyl (C=O) groups is 2. The predicted octanol–water partition coefficient (Wildman–Crippen LogP) is 4.18. The van der Waals surface area contributed by atoms with E-state index >= 15 is 0 Å². The van der Waals surface area contributed by atoms with Gasteiger partial charge in [0, 0.05) is 11.4 Å². The SMILES string of the molecule is O=C(O)COc1ccc(NC(=O)CSCc2cccc3ccccc23)cc1. The smallest absolute Gasteiger partial charge is 0.341 e. The molecule has 0 aromatic heterocycles. The molecule has 0 radical (unpaired) electrons. The Bertz CT molecular complexity index is 935. The quantitative estimate of drug-likeness (QED) is 0.612. The van der Waals surface area contributed by atoms with Gasteiger partial charge in [0.1, 0.15) is 5.75 Å². The maximum absolute atomic E-state index is 12.1. The third kappa shape index (κ3) is 5.49. The lowest BCUT2D eigenvalue weighted by Crippen LogP contribution is -2.14. The van der Waals surface area contributed by atoms with Crippen molar-refractivity contribution in [3.8, 4) is 5.75 Å². The summed E-state index contributed by atoms with van der Waals surface area (Å²) in [5, 5.41) is 13.8. The number of ether oxygens (including phenoxy) is 1. The van der Waals surface area contributed by atoms with Crippen LogP contribution in [0.1, 0.15) is 5.56 Å². The number of thioether (sulfide) groups is 1. The number of amides is 1. The first kappa shape index (κ1) is 18.8. The second-order valence-corrected chi connectivity index (χ2v) is 6.87. The third-order valence-electron chi connectivity index (χ3n) is 3.87. The molecule has 3 aromatic rings. The summed E-state index contributed by atoms with van der Waals surface area (Å²) >= 11 is 1.56. The second kappa shape index (κ2) is 9.09. The number of carbonyl (C=O) groups excluding carboxylic acids is 1. The van der Waals surface area contributed by atoms with Crippen molar-refractivity contribution in [1.29, 1.82) is 0 Å². The molecule has 27 heavy (non-hydrogen) atoms. The van der Waals surface area contributed by atoms with Crippen LogP contribution in [0.2, 0.25) is 0 Å². The van der Waals surface area contributed by atoms with Gasteiger partial charge in [-0.05, 0) is 40.6 Å². The molecule has 0 aliphatic heterocycles. The summed E-state index contributed by atoms with van der Waals surface area (Å²) in [6, 6.07) is 21.0. The molecule has 3 rings (SSSR count). The molecule has 0 saturated carbocycles. The number of carboxylic acid groups (broad SMARTS) is 1. The Labute approximate surface area is 161 Å². The molecule has 0 unspecified atom stereocenters. The maximum atomic E-state index is 12.1. The van der Waals surface area contributed by atoms with Crippen molar-refractivity contribution in [2.75, 3.05) is 17.7 Å². The van der Waals surface area contributed by atoms with Crippen molar-refractivity contribution in [2.45, 2.75) is 5.75 Å². The molecular weight excluding hydrogens is 362 g/mol.